The summed E-state index contributed by atoms with van der Waals surface area (Å²) in [4.78, 5) is 17.6. The molecule has 1 aromatic rings. The fraction of sp³-hybridized carbons (Fsp3) is 0.600. The van der Waals surface area contributed by atoms with Gasteiger partial charge in [0.25, 0.3) is 0 Å². The highest BCUT2D eigenvalue weighted by atomic mass is 16.2. The Morgan fingerprint density at radius 1 is 1.73 bits per heavy atom. The van der Waals surface area contributed by atoms with Gasteiger partial charge in [0, 0.05) is 25.5 Å². The van der Waals surface area contributed by atoms with Crippen LogP contribution in [0.3, 0.4) is 0 Å². The van der Waals surface area contributed by atoms with Crippen molar-refractivity contribution in [3.8, 4) is 0 Å². The molecule has 15 heavy (non-hydrogen) atoms. The van der Waals surface area contributed by atoms with E-state index in [9.17, 15) is 4.79 Å². The molecule has 1 amide bonds. The molecular formula is C10H16N4O. The summed E-state index contributed by atoms with van der Waals surface area (Å²) in [6.45, 7) is 0.658. The maximum atomic E-state index is 11.6. The smallest absolute Gasteiger partial charge is 0.236 e. The van der Waals surface area contributed by atoms with Crippen LogP contribution in [0.5, 0.6) is 0 Å². The Balaban J connectivity index is 2.06. The van der Waals surface area contributed by atoms with Crippen LogP contribution in [0.15, 0.2) is 12.4 Å². The number of nitrogens with zero attached hydrogens (tertiary/aromatic N) is 3. The second-order valence-electron chi connectivity index (χ2n) is 3.91. The van der Waals surface area contributed by atoms with E-state index in [1.165, 1.54) is 0 Å². The second-order valence-corrected chi connectivity index (χ2v) is 3.91. The van der Waals surface area contributed by atoms with Crippen LogP contribution in [0.2, 0.25) is 0 Å². The first kappa shape index (κ1) is 10.2. The molecule has 0 spiro atoms. The summed E-state index contributed by atoms with van der Waals surface area (Å²) in [6, 6.07) is 0.387. The third-order valence-electron chi connectivity index (χ3n) is 2.72. The molecule has 0 saturated heterocycles. The second kappa shape index (κ2) is 4.02. The summed E-state index contributed by atoms with van der Waals surface area (Å²) in [5.74, 6) is 0.921. The minimum atomic E-state index is 0.0144. The topological polar surface area (TPSA) is 64.2 Å². The van der Waals surface area contributed by atoms with E-state index in [-0.39, 0.29) is 12.5 Å². The van der Waals surface area contributed by atoms with Gasteiger partial charge in [0.15, 0.2) is 0 Å². The summed E-state index contributed by atoms with van der Waals surface area (Å²) < 4.78 is 1.93. The molecule has 1 heterocycles. The first-order chi connectivity index (χ1) is 7.22. The molecule has 0 aliphatic heterocycles. The van der Waals surface area contributed by atoms with Gasteiger partial charge in [-0.1, -0.05) is 0 Å². The molecular weight excluding hydrogens is 192 g/mol. The lowest BCUT2D eigenvalue weighted by atomic mass is 10.4. The molecule has 1 saturated carbocycles. The quantitative estimate of drug-likeness (QED) is 0.749. The number of carbonyl (C=O) groups is 1. The molecule has 0 unspecified atom stereocenters. The number of amides is 1. The number of rotatable bonds is 4. The number of carbonyl (C=O) groups excluding carboxylic acids is 1. The van der Waals surface area contributed by atoms with Crippen LogP contribution in [0.1, 0.15) is 18.7 Å². The zero-order chi connectivity index (χ0) is 10.8. The normalized spacial score (nSPS) is 15.3. The summed E-state index contributed by atoms with van der Waals surface area (Å²) in [5, 5.41) is 0. The number of hydrogen-bond donors (Lipinski definition) is 1. The van der Waals surface area contributed by atoms with Crippen LogP contribution < -0.4 is 5.73 Å². The van der Waals surface area contributed by atoms with Crippen LogP contribution in [-0.4, -0.2) is 32.9 Å². The number of aryl methyl sites for hydroxylation is 1. The standard InChI is InChI=1S/C10H16N4O/c1-13-5-4-12-9(13)7-14(8-2-3-8)10(15)6-11/h4-5,8H,2-3,6-7,11H2,1H3. The van der Waals surface area contributed by atoms with Crippen LogP contribution >= 0.6 is 0 Å². The maximum Gasteiger partial charge on any atom is 0.236 e. The van der Waals surface area contributed by atoms with Crippen LogP contribution in [-0.2, 0) is 18.4 Å². The fourth-order valence-corrected chi connectivity index (χ4v) is 1.63. The molecule has 0 bridgehead atoms. The van der Waals surface area contributed by atoms with Gasteiger partial charge < -0.3 is 15.2 Å². The predicted molar refractivity (Wildman–Crippen MR) is 55.8 cm³/mol. The molecule has 5 nitrogen and oxygen atoms in total. The van der Waals surface area contributed by atoms with E-state index in [0.29, 0.717) is 12.6 Å². The van der Waals surface area contributed by atoms with Gasteiger partial charge in [0.2, 0.25) is 5.91 Å². The van der Waals surface area contributed by atoms with E-state index >= 15 is 0 Å². The Morgan fingerprint density at radius 3 is 2.93 bits per heavy atom. The SMILES string of the molecule is Cn1ccnc1CN(C(=O)CN)C1CC1. The Kier molecular flexibility index (Phi) is 2.73. The highest BCUT2D eigenvalue weighted by Crippen LogP contribution is 2.27. The van der Waals surface area contributed by atoms with Crippen molar-refractivity contribution in [1.82, 2.24) is 14.5 Å². The minimum Gasteiger partial charge on any atom is -0.337 e. The highest BCUT2D eigenvalue weighted by molar-refractivity contribution is 5.78. The van der Waals surface area contributed by atoms with Crippen LogP contribution in [0.4, 0.5) is 0 Å². The first-order valence-electron chi connectivity index (χ1n) is 5.18. The molecule has 0 aromatic carbocycles. The molecule has 1 aromatic heterocycles. The van der Waals surface area contributed by atoms with Crippen molar-refractivity contribution in [2.45, 2.75) is 25.4 Å². The van der Waals surface area contributed by atoms with E-state index in [2.05, 4.69) is 4.98 Å². The van der Waals surface area contributed by atoms with Gasteiger partial charge in [-0.15, -0.1) is 0 Å². The Bertz CT molecular complexity index is 356. The monoisotopic (exact) mass is 208 g/mol. The molecule has 82 valence electrons. The fourth-order valence-electron chi connectivity index (χ4n) is 1.63. The summed E-state index contributed by atoms with van der Waals surface area (Å²) in [6.07, 6.45) is 5.81. The number of imidazole rings is 1. The van der Waals surface area contributed by atoms with E-state index in [0.717, 1.165) is 18.7 Å². The number of aromatic nitrogens is 2. The van der Waals surface area contributed by atoms with Gasteiger partial charge in [-0.25, -0.2) is 4.98 Å². The van der Waals surface area contributed by atoms with Gasteiger partial charge in [-0.05, 0) is 12.8 Å². The van der Waals surface area contributed by atoms with E-state index in [1.807, 2.05) is 22.7 Å². The zero-order valence-corrected chi connectivity index (χ0v) is 8.89. The van der Waals surface area contributed by atoms with Crippen molar-refractivity contribution in [3.63, 3.8) is 0 Å². The van der Waals surface area contributed by atoms with Crippen molar-refractivity contribution >= 4 is 5.91 Å². The van der Waals surface area contributed by atoms with Crippen molar-refractivity contribution < 1.29 is 4.79 Å². The van der Waals surface area contributed by atoms with Crippen molar-refractivity contribution in [3.05, 3.63) is 18.2 Å². The molecule has 2 N–H and O–H groups in total. The lowest BCUT2D eigenvalue weighted by Crippen LogP contribution is -2.37. The maximum absolute atomic E-state index is 11.6. The zero-order valence-electron chi connectivity index (χ0n) is 8.89. The molecule has 5 heteroatoms. The molecule has 1 aliphatic carbocycles. The molecule has 2 rings (SSSR count). The average Bonchev–Trinajstić information content (AvgIpc) is 2.99. The van der Waals surface area contributed by atoms with Crippen molar-refractivity contribution in [2.75, 3.05) is 6.54 Å². The van der Waals surface area contributed by atoms with Gasteiger partial charge in [-0.2, -0.15) is 0 Å². The lowest BCUT2D eigenvalue weighted by molar-refractivity contribution is -0.131. The lowest BCUT2D eigenvalue weighted by Gasteiger charge is -2.21. The third-order valence-corrected chi connectivity index (χ3v) is 2.72. The van der Waals surface area contributed by atoms with Crippen molar-refractivity contribution in [1.29, 1.82) is 0 Å². The first-order valence-corrected chi connectivity index (χ1v) is 5.18. The van der Waals surface area contributed by atoms with E-state index in [1.54, 1.807) is 6.20 Å². The van der Waals surface area contributed by atoms with Gasteiger partial charge >= 0.3 is 0 Å². The van der Waals surface area contributed by atoms with Crippen LogP contribution in [0.25, 0.3) is 0 Å². The van der Waals surface area contributed by atoms with E-state index in [4.69, 9.17) is 5.73 Å². The third kappa shape index (κ3) is 2.18. The van der Waals surface area contributed by atoms with Gasteiger partial charge in [-0.3, -0.25) is 4.79 Å². The van der Waals surface area contributed by atoms with Gasteiger partial charge in [0.1, 0.15) is 5.82 Å². The van der Waals surface area contributed by atoms with Crippen LogP contribution in [0, 0.1) is 0 Å². The molecule has 0 atom stereocenters. The predicted octanol–water partition coefficient (Wildman–Crippen LogP) is -0.130. The Labute approximate surface area is 88.9 Å². The average molecular weight is 208 g/mol. The minimum absolute atomic E-state index is 0.0144. The van der Waals surface area contributed by atoms with Crippen molar-refractivity contribution in [2.24, 2.45) is 12.8 Å². The number of nitrogens with two attached hydrogens (primary N) is 1. The summed E-state index contributed by atoms with van der Waals surface area (Å²) in [7, 11) is 1.93. The number of hydrogen-bond acceptors (Lipinski definition) is 3. The molecule has 1 aliphatic rings. The highest BCUT2D eigenvalue weighted by Gasteiger charge is 2.32. The summed E-state index contributed by atoms with van der Waals surface area (Å²) >= 11 is 0. The van der Waals surface area contributed by atoms with Gasteiger partial charge in [0.05, 0.1) is 13.1 Å². The Morgan fingerprint density at radius 2 is 2.47 bits per heavy atom. The largest absolute Gasteiger partial charge is 0.337 e. The summed E-state index contributed by atoms with van der Waals surface area (Å²) in [5.41, 5.74) is 5.39. The molecule has 0 radical (unpaired) electrons. The molecule has 1 fully saturated rings. The van der Waals surface area contributed by atoms with E-state index < -0.39 is 0 Å². The Hall–Kier alpha value is -1.36.